The van der Waals surface area contributed by atoms with Crippen molar-refractivity contribution < 1.29 is 9.53 Å². The zero-order valence-electron chi connectivity index (χ0n) is 12.7. The Labute approximate surface area is 149 Å². The summed E-state index contributed by atoms with van der Waals surface area (Å²) in [6.07, 6.45) is 6.93. The van der Waals surface area contributed by atoms with Crippen molar-refractivity contribution in [1.82, 2.24) is 14.9 Å². The third-order valence-corrected chi connectivity index (χ3v) is 4.06. The largest absolute Gasteiger partial charge is 0.458 e. The van der Waals surface area contributed by atoms with Crippen LogP contribution in [0.4, 0.5) is 0 Å². The Bertz CT molecular complexity index is 733. The molecule has 2 heterocycles. The minimum atomic E-state index is -0.112. The van der Waals surface area contributed by atoms with E-state index in [0.29, 0.717) is 23.1 Å². The number of aromatic nitrogens is 2. The summed E-state index contributed by atoms with van der Waals surface area (Å²) in [5, 5.41) is 1.13. The fourth-order valence-electron chi connectivity index (χ4n) is 2.38. The highest BCUT2D eigenvalue weighted by Gasteiger charge is 2.27. The van der Waals surface area contributed by atoms with Crippen molar-refractivity contribution in [3.05, 3.63) is 58.3 Å². The first-order valence-corrected chi connectivity index (χ1v) is 8.22. The van der Waals surface area contributed by atoms with E-state index in [9.17, 15) is 4.79 Å². The highest BCUT2D eigenvalue weighted by molar-refractivity contribution is 6.30. The van der Waals surface area contributed by atoms with Crippen LogP contribution in [0.1, 0.15) is 12.0 Å². The first kappa shape index (κ1) is 16.7. The van der Waals surface area contributed by atoms with Crippen molar-refractivity contribution in [1.29, 1.82) is 0 Å². The van der Waals surface area contributed by atoms with Gasteiger partial charge in [-0.3, -0.25) is 4.79 Å². The van der Waals surface area contributed by atoms with Gasteiger partial charge in [0.15, 0.2) is 0 Å². The fourth-order valence-corrected chi connectivity index (χ4v) is 2.61. The quantitative estimate of drug-likeness (QED) is 0.780. The summed E-state index contributed by atoms with van der Waals surface area (Å²) in [7, 11) is 0. The maximum Gasteiger partial charge on any atom is 0.316 e. The molecule has 1 saturated heterocycles. The molecule has 0 N–H and O–H groups in total. The van der Waals surface area contributed by atoms with Crippen LogP contribution in [0.5, 0.6) is 6.01 Å². The summed E-state index contributed by atoms with van der Waals surface area (Å²) in [6.45, 7) is 1.15. The van der Waals surface area contributed by atoms with Crippen LogP contribution in [0, 0.1) is 0 Å². The standard InChI is InChI=1S/C17H15Cl2N3O2/c18-13-4-1-12(2-5-13)3-6-16(23)22-8-7-15(11-22)24-17-20-9-14(19)10-21-17/h1-6,9-10,15H,7-8,11H2. The van der Waals surface area contributed by atoms with Crippen molar-refractivity contribution >= 4 is 35.2 Å². The summed E-state index contributed by atoms with van der Waals surface area (Å²) in [5.41, 5.74) is 0.925. The van der Waals surface area contributed by atoms with Crippen molar-refractivity contribution in [3.8, 4) is 6.01 Å². The van der Waals surface area contributed by atoms with Gasteiger partial charge in [0, 0.05) is 24.1 Å². The van der Waals surface area contributed by atoms with Crippen molar-refractivity contribution in [2.75, 3.05) is 13.1 Å². The van der Waals surface area contributed by atoms with Gasteiger partial charge >= 0.3 is 6.01 Å². The summed E-state index contributed by atoms with van der Waals surface area (Å²) < 4.78 is 5.67. The van der Waals surface area contributed by atoms with Gasteiger partial charge in [-0.2, -0.15) is 0 Å². The van der Waals surface area contributed by atoms with E-state index in [-0.39, 0.29) is 18.0 Å². The maximum absolute atomic E-state index is 12.2. The van der Waals surface area contributed by atoms with Gasteiger partial charge in [0.2, 0.25) is 5.91 Å². The molecule has 0 radical (unpaired) electrons. The second-order valence-corrected chi connectivity index (χ2v) is 6.25. The number of likely N-dealkylation sites (tertiary alicyclic amines) is 1. The molecule has 124 valence electrons. The highest BCUT2D eigenvalue weighted by atomic mass is 35.5. The number of halogens is 2. The lowest BCUT2D eigenvalue weighted by Crippen LogP contribution is -2.29. The number of carbonyl (C=O) groups excluding carboxylic acids is 1. The van der Waals surface area contributed by atoms with E-state index >= 15 is 0 Å². The molecule has 24 heavy (non-hydrogen) atoms. The third kappa shape index (κ3) is 4.46. The van der Waals surface area contributed by atoms with Gasteiger partial charge in [-0.05, 0) is 23.8 Å². The van der Waals surface area contributed by atoms with Gasteiger partial charge in [0.1, 0.15) is 6.10 Å². The van der Waals surface area contributed by atoms with Gasteiger partial charge in [-0.15, -0.1) is 0 Å². The topological polar surface area (TPSA) is 55.3 Å². The molecular formula is C17H15Cl2N3O2. The lowest BCUT2D eigenvalue weighted by molar-refractivity contribution is -0.125. The number of hydrogen-bond acceptors (Lipinski definition) is 4. The van der Waals surface area contributed by atoms with E-state index in [4.69, 9.17) is 27.9 Å². The van der Waals surface area contributed by atoms with Gasteiger partial charge in [0.25, 0.3) is 0 Å². The minimum absolute atomic E-state index is 0.0481. The SMILES string of the molecule is O=C(C=Cc1ccc(Cl)cc1)N1CCC(Oc2ncc(Cl)cn2)C1. The van der Waals surface area contributed by atoms with Crippen LogP contribution >= 0.6 is 23.2 Å². The molecule has 0 saturated carbocycles. The number of nitrogens with zero attached hydrogens (tertiary/aromatic N) is 3. The first-order valence-electron chi connectivity index (χ1n) is 7.47. The molecule has 1 atom stereocenters. The fraction of sp³-hybridized carbons (Fsp3) is 0.235. The summed E-state index contributed by atoms with van der Waals surface area (Å²) >= 11 is 11.6. The van der Waals surface area contributed by atoms with Crippen LogP contribution in [0.3, 0.4) is 0 Å². The normalized spacial score (nSPS) is 17.4. The Hall–Kier alpha value is -2.11. The molecule has 5 nitrogen and oxygen atoms in total. The van der Waals surface area contributed by atoms with E-state index in [1.54, 1.807) is 29.2 Å². The Kier molecular flexibility index (Phi) is 5.33. The van der Waals surface area contributed by atoms with Gasteiger partial charge in [-0.25, -0.2) is 9.97 Å². The van der Waals surface area contributed by atoms with Crippen molar-refractivity contribution in [3.63, 3.8) is 0 Å². The summed E-state index contributed by atoms with van der Waals surface area (Å²) in [6, 6.07) is 7.57. The Balaban J connectivity index is 1.53. The van der Waals surface area contributed by atoms with Crippen LogP contribution in [-0.4, -0.2) is 40.0 Å². The number of carbonyl (C=O) groups is 1. The summed E-state index contributed by atoms with van der Waals surface area (Å²) in [4.78, 5) is 22.0. The van der Waals surface area contributed by atoms with E-state index in [1.165, 1.54) is 12.4 Å². The summed E-state index contributed by atoms with van der Waals surface area (Å²) in [5.74, 6) is -0.0481. The Morgan fingerprint density at radius 2 is 1.88 bits per heavy atom. The molecule has 0 bridgehead atoms. The zero-order chi connectivity index (χ0) is 16.9. The monoisotopic (exact) mass is 363 g/mol. The Morgan fingerprint density at radius 1 is 1.17 bits per heavy atom. The number of amides is 1. The lowest BCUT2D eigenvalue weighted by atomic mass is 10.2. The molecule has 0 aliphatic carbocycles. The second kappa shape index (κ2) is 7.64. The van der Waals surface area contributed by atoms with Crippen molar-refractivity contribution in [2.45, 2.75) is 12.5 Å². The predicted octanol–water partition coefficient (Wildman–Crippen LogP) is 3.48. The number of rotatable bonds is 4. The van der Waals surface area contributed by atoms with E-state index < -0.39 is 0 Å². The molecule has 1 aliphatic heterocycles. The van der Waals surface area contributed by atoms with Crippen LogP contribution in [0.25, 0.3) is 6.08 Å². The van der Waals surface area contributed by atoms with E-state index in [1.807, 2.05) is 12.1 Å². The van der Waals surface area contributed by atoms with Gasteiger partial charge < -0.3 is 9.64 Å². The smallest absolute Gasteiger partial charge is 0.316 e. The molecule has 1 amide bonds. The van der Waals surface area contributed by atoms with E-state index in [0.717, 1.165) is 12.0 Å². The average molecular weight is 364 g/mol. The van der Waals surface area contributed by atoms with Crippen LogP contribution in [0.15, 0.2) is 42.7 Å². The van der Waals surface area contributed by atoms with Gasteiger partial charge in [-0.1, -0.05) is 35.3 Å². The molecule has 7 heteroatoms. The van der Waals surface area contributed by atoms with Crippen molar-refractivity contribution in [2.24, 2.45) is 0 Å². The second-order valence-electron chi connectivity index (χ2n) is 5.38. The molecule has 0 spiro atoms. The number of benzene rings is 1. The molecule has 2 aromatic rings. The molecule has 1 aromatic carbocycles. The Morgan fingerprint density at radius 3 is 2.58 bits per heavy atom. The number of ether oxygens (including phenoxy) is 1. The average Bonchev–Trinajstić information content (AvgIpc) is 3.05. The molecule has 1 aliphatic rings. The first-order chi connectivity index (χ1) is 11.6. The van der Waals surface area contributed by atoms with Crippen LogP contribution in [-0.2, 0) is 4.79 Å². The molecule has 1 aromatic heterocycles. The number of hydrogen-bond donors (Lipinski definition) is 0. The molecule has 1 fully saturated rings. The minimum Gasteiger partial charge on any atom is -0.458 e. The predicted molar refractivity (Wildman–Crippen MR) is 93.1 cm³/mol. The lowest BCUT2D eigenvalue weighted by Gasteiger charge is -2.14. The maximum atomic E-state index is 12.2. The molecular weight excluding hydrogens is 349 g/mol. The van der Waals surface area contributed by atoms with E-state index in [2.05, 4.69) is 9.97 Å². The van der Waals surface area contributed by atoms with Crippen LogP contribution < -0.4 is 4.74 Å². The van der Waals surface area contributed by atoms with Crippen LogP contribution in [0.2, 0.25) is 10.0 Å². The third-order valence-electron chi connectivity index (χ3n) is 3.61. The zero-order valence-corrected chi connectivity index (χ0v) is 14.2. The highest BCUT2D eigenvalue weighted by Crippen LogP contribution is 2.17. The van der Waals surface area contributed by atoms with Gasteiger partial charge in [0.05, 0.1) is 24.0 Å². The molecule has 3 rings (SSSR count). The molecule has 1 unspecified atom stereocenters.